The maximum absolute atomic E-state index is 5.62. The summed E-state index contributed by atoms with van der Waals surface area (Å²) in [7, 11) is 0. The van der Waals surface area contributed by atoms with Crippen molar-refractivity contribution in [3.63, 3.8) is 0 Å². The van der Waals surface area contributed by atoms with Gasteiger partial charge in [0.25, 0.3) is 0 Å². The zero-order valence-electron chi connectivity index (χ0n) is 12.9. The van der Waals surface area contributed by atoms with Crippen LogP contribution in [-0.4, -0.2) is 49.8 Å². The third-order valence-electron chi connectivity index (χ3n) is 4.88. The Morgan fingerprint density at radius 3 is 2.84 bits per heavy atom. The molecule has 3 heteroatoms. The van der Waals surface area contributed by atoms with E-state index >= 15 is 0 Å². The molecule has 0 bridgehead atoms. The molecule has 0 spiro atoms. The van der Waals surface area contributed by atoms with E-state index in [2.05, 4.69) is 24.1 Å². The SMILES string of the molecule is CCCNC1CCC(CC)CC1N1CCCOCC1. The number of hydrogen-bond donors (Lipinski definition) is 1. The first-order chi connectivity index (χ1) is 9.35. The summed E-state index contributed by atoms with van der Waals surface area (Å²) >= 11 is 0. The zero-order chi connectivity index (χ0) is 13.5. The van der Waals surface area contributed by atoms with Crippen molar-refractivity contribution >= 4 is 0 Å². The number of hydrogen-bond acceptors (Lipinski definition) is 3. The highest BCUT2D eigenvalue weighted by Gasteiger charge is 2.33. The van der Waals surface area contributed by atoms with Crippen molar-refractivity contribution in [3.05, 3.63) is 0 Å². The minimum absolute atomic E-state index is 0.709. The number of nitrogens with one attached hydrogen (secondary N) is 1. The third-order valence-corrected chi connectivity index (χ3v) is 4.88. The number of rotatable bonds is 5. The number of nitrogens with zero attached hydrogens (tertiary/aromatic N) is 1. The smallest absolute Gasteiger partial charge is 0.0593 e. The van der Waals surface area contributed by atoms with Crippen LogP contribution < -0.4 is 5.32 Å². The quantitative estimate of drug-likeness (QED) is 0.829. The maximum Gasteiger partial charge on any atom is 0.0593 e. The van der Waals surface area contributed by atoms with Crippen molar-refractivity contribution in [3.8, 4) is 0 Å². The van der Waals surface area contributed by atoms with Crippen LogP contribution in [0.5, 0.6) is 0 Å². The summed E-state index contributed by atoms with van der Waals surface area (Å²) in [6, 6.07) is 1.45. The monoisotopic (exact) mass is 268 g/mol. The molecule has 0 aromatic heterocycles. The van der Waals surface area contributed by atoms with E-state index in [1.807, 2.05) is 0 Å². The summed E-state index contributed by atoms with van der Waals surface area (Å²) < 4.78 is 5.62. The molecule has 19 heavy (non-hydrogen) atoms. The Kier molecular flexibility index (Phi) is 6.62. The van der Waals surface area contributed by atoms with Crippen LogP contribution in [0, 0.1) is 5.92 Å². The third kappa shape index (κ3) is 4.44. The molecule has 2 fully saturated rings. The van der Waals surface area contributed by atoms with E-state index in [1.54, 1.807) is 0 Å². The first kappa shape index (κ1) is 15.3. The predicted octanol–water partition coefficient (Wildman–Crippen LogP) is 2.66. The second-order valence-electron chi connectivity index (χ2n) is 6.22. The second kappa shape index (κ2) is 8.23. The van der Waals surface area contributed by atoms with Crippen molar-refractivity contribution in [2.75, 3.05) is 32.8 Å². The summed E-state index contributed by atoms with van der Waals surface area (Å²) in [4.78, 5) is 2.71. The Labute approximate surface area is 119 Å². The molecule has 1 saturated carbocycles. The second-order valence-corrected chi connectivity index (χ2v) is 6.22. The van der Waals surface area contributed by atoms with Crippen LogP contribution in [0.3, 0.4) is 0 Å². The highest BCUT2D eigenvalue weighted by molar-refractivity contribution is 4.91. The van der Waals surface area contributed by atoms with Crippen molar-refractivity contribution in [2.45, 2.75) is 64.5 Å². The topological polar surface area (TPSA) is 24.5 Å². The van der Waals surface area contributed by atoms with E-state index in [9.17, 15) is 0 Å². The average molecular weight is 268 g/mol. The minimum Gasteiger partial charge on any atom is -0.380 e. The van der Waals surface area contributed by atoms with E-state index in [0.717, 1.165) is 31.7 Å². The van der Waals surface area contributed by atoms with Crippen LogP contribution >= 0.6 is 0 Å². The summed E-state index contributed by atoms with van der Waals surface area (Å²) in [5.74, 6) is 0.939. The molecule has 1 N–H and O–H groups in total. The molecule has 2 aliphatic rings. The molecule has 3 atom stereocenters. The number of ether oxygens (including phenoxy) is 1. The lowest BCUT2D eigenvalue weighted by Gasteiger charge is -2.42. The molecule has 1 saturated heterocycles. The van der Waals surface area contributed by atoms with Crippen LogP contribution in [0.2, 0.25) is 0 Å². The molecule has 3 nitrogen and oxygen atoms in total. The lowest BCUT2D eigenvalue weighted by Crippen LogP contribution is -2.54. The van der Waals surface area contributed by atoms with Crippen molar-refractivity contribution < 1.29 is 4.74 Å². The highest BCUT2D eigenvalue weighted by Crippen LogP contribution is 2.30. The molecule has 1 aliphatic heterocycles. The Bertz CT molecular complexity index is 239. The normalized spacial score (nSPS) is 34.1. The Hall–Kier alpha value is -0.120. The van der Waals surface area contributed by atoms with E-state index in [1.165, 1.54) is 51.6 Å². The molecule has 1 aliphatic carbocycles. The van der Waals surface area contributed by atoms with Gasteiger partial charge in [-0.05, 0) is 44.6 Å². The van der Waals surface area contributed by atoms with Crippen LogP contribution in [0.1, 0.15) is 52.4 Å². The molecule has 2 rings (SSSR count). The van der Waals surface area contributed by atoms with E-state index in [0.29, 0.717) is 6.04 Å². The summed E-state index contributed by atoms with van der Waals surface area (Å²) in [6.07, 6.45) is 7.95. The van der Waals surface area contributed by atoms with Gasteiger partial charge in [-0.3, -0.25) is 4.90 Å². The van der Waals surface area contributed by atoms with Gasteiger partial charge in [-0.2, -0.15) is 0 Å². The van der Waals surface area contributed by atoms with Gasteiger partial charge in [0.1, 0.15) is 0 Å². The van der Waals surface area contributed by atoms with Gasteiger partial charge in [0.15, 0.2) is 0 Å². The van der Waals surface area contributed by atoms with Crippen LogP contribution in [0.4, 0.5) is 0 Å². The largest absolute Gasteiger partial charge is 0.380 e. The lowest BCUT2D eigenvalue weighted by molar-refractivity contribution is 0.0858. The summed E-state index contributed by atoms with van der Waals surface area (Å²) in [5.41, 5.74) is 0. The van der Waals surface area contributed by atoms with Crippen LogP contribution in [0.25, 0.3) is 0 Å². The van der Waals surface area contributed by atoms with E-state index < -0.39 is 0 Å². The fraction of sp³-hybridized carbons (Fsp3) is 1.00. The Morgan fingerprint density at radius 2 is 2.05 bits per heavy atom. The molecule has 1 heterocycles. The van der Waals surface area contributed by atoms with Crippen molar-refractivity contribution in [1.29, 1.82) is 0 Å². The fourth-order valence-electron chi connectivity index (χ4n) is 3.67. The molecule has 0 aromatic rings. The van der Waals surface area contributed by atoms with Crippen molar-refractivity contribution in [1.82, 2.24) is 10.2 Å². The van der Waals surface area contributed by atoms with Gasteiger partial charge in [-0.25, -0.2) is 0 Å². The highest BCUT2D eigenvalue weighted by atomic mass is 16.5. The first-order valence-corrected chi connectivity index (χ1v) is 8.40. The van der Waals surface area contributed by atoms with Gasteiger partial charge in [-0.15, -0.1) is 0 Å². The lowest BCUT2D eigenvalue weighted by atomic mass is 9.80. The summed E-state index contributed by atoms with van der Waals surface area (Å²) in [6.45, 7) is 10.0. The van der Waals surface area contributed by atoms with E-state index in [-0.39, 0.29) is 0 Å². The minimum atomic E-state index is 0.709. The molecule has 3 unspecified atom stereocenters. The van der Waals surface area contributed by atoms with Gasteiger partial charge in [0.2, 0.25) is 0 Å². The molecule has 0 aromatic carbocycles. The molecular formula is C16H32N2O. The van der Waals surface area contributed by atoms with Gasteiger partial charge in [-0.1, -0.05) is 20.3 Å². The van der Waals surface area contributed by atoms with Gasteiger partial charge in [0, 0.05) is 31.8 Å². The summed E-state index contributed by atoms with van der Waals surface area (Å²) in [5, 5.41) is 3.80. The molecule has 0 amide bonds. The maximum atomic E-state index is 5.62. The van der Waals surface area contributed by atoms with E-state index in [4.69, 9.17) is 4.74 Å². The molecule has 0 radical (unpaired) electrons. The van der Waals surface area contributed by atoms with Crippen LogP contribution in [-0.2, 0) is 4.74 Å². The van der Waals surface area contributed by atoms with Crippen LogP contribution in [0.15, 0.2) is 0 Å². The fourth-order valence-corrected chi connectivity index (χ4v) is 3.67. The standard InChI is InChI=1S/C16H32N2O/c1-3-8-17-15-7-6-14(4-2)13-16(15)18-9-5-11-19-12-10-18/h14-17H,3-13H2,1-2H3. The molecule has 112 valence electrons. The average Bonchev–Trinajstić information content (AvgIpc) is 2.74. The van der Waals surface area contributed by atoms with Gasteiger partial charge >= 0.3 is 0 Å². The predicted molar refractivity (Wildman–Crippen MR) is 80.5 cm³/mol. The Morgan fingerprint density at radius 1 is 1.16 bits per heavy atom. The molecular weight excluding hydrogens is 236 g/mol. The first-order valence-electron chi connectivity index (χ1n) is 8.40. The van der Waals surface area contributed by atoms with Gasteiger partial charge in [0.05, 0.1) is 6.61 Å². The van der Waals surface area contributed by atoms with Crippen molar-refractivity contribution in [2.24, 2.45) is 5.92 Å². The van der Waals surface area contributed by atoms with Gasteiger partial charge < -0.3 is 10.1 Å². The Balaban J connectivity index is 1.96. The zero-order valence-corrected chi connectivity index (χ0v) is 12.9.